The van der Waals surface area contributed by atoms with Crippen LogP contribution in [0.25, 0.3) is 0 Å². The highest BCUT2D eigenvalue weighted by Gasteiger charge is 2.11. The number of rotatable bonds is 4. The van der Waals surface area contributed by atoms with Crippen molar-refractivity contribution in [3.63, 3.8) is 0 Å². The second kappa shape index (κ2) is 5.22. The van der Waals surface area contributed by atoms with Crippen LogP contribution < -0.4 is 10.1 Å². The van der Waals surface area contributed by atoms with Crippen molar-refractivity contribution >= 4 is 17.4 Å². The number of nitrogens with one attached hydrogen (secondary N) is 1. The molecule has 0 spiro atoms. The summed E-state index contributed by atoms with van der Waals surface area (Å²) in [6.45, 7) is 2.00. The molecule has 2 heterocycles. The summed E-state index contributed by atoms with van der Waals surface area (Å²) in [4.78, 5) is 8.08. The van der Waals surface area contributed by atoms with Crippen molar-refractivity contribution < 1.29 is 4.74 Å². The molecule has 18 heavy (non-hydrogen) atoms. The van der Waals surface area contributed by atoms with Gasteiger partial charge in [0.1, 0.15) is 5.02 Å². The zero-order valence-corrected chi connectivity index (χ0v) is 11.1. The number of aryl methyl sites for hydroxylation is 1. The first-order valence-corrected chi connectivity index (χ1v) is 5.79. The van der Waals surface area contributed by atoms with Crippen LogP contribution in [0, 0.1) is 0 Å². The Kier molecular flexibility index (Phi) is 3.66. The fraction of sp³-hybridized carbons (Fsp3) is 0.364. The van der Waals surface area contributed by atoms with Crippen molar-refractivity contribution in [2.75, 3.05) is 12.4 Å². The Balaban J connectivity index is 2.18. The van der Waals surface area contributed by atoms with Gasteiger partial charge in [-0.1, -0.05) is 11.6 Å². The number of halogens is 1. The molecule has 0 amide bonds. The Hall–Kier alpha value is -1.82. The van der Waals surface area contributed by atoms with Gasteiger partial charge in [-0.2, -0.15) is 10.1 Å². The topological polar surface area (TPSA) is 64.9 Å². The summed E-state index contributed by atoms with van der Waals surface area (Å²) in [6.07, 6.45) is 5.24. The van der Waals surface area contributed by atoms with Crippen LogP contribution in [0.4, 0.5) is 5.82 Å². The summed E-state index contributed by atoms with van der Waals surface area (Å²) in [5, 5.41) is 7.77. The fourth-order valence-corrected chi connectivity index (χ4v) is 1.65. The van der Waals surface area contributed by atoms with Gasteiger partial charge in [-0.05, 0) is 6.92 Å². The highest BCUT2D eigenvalue weighted by molar-refractivity contribution is 6.32. The average molecular weight is 268 g/mol. The standard InChI is InChI=1S/C11H14ClN5O/c1-7(8-4-14-17(2)6-8)15-10-9(12)5-13-11(16-10)18-3/h4-7H,1-3H3,(H,13,15,16). The molecule has 96 valence electrons. The average Bonchev–Trinajstić information content (AvgIpc) is 2.79. The SMILES string of the molecule is COc1ncc(Cl)c(NC(C)c2cnn(C)c2)n1. The summed E-state index contributed by atoms with van der Waals surface area (Å²) in [5.41, 5.74) is 1.05. The van der Waals surface area contributed by atoms with Crippen molar-refractivity contribution in [3.8, 4) is 6.01 Å². The van der Waals surface area contributed by atoms with Crippen LogP contribution in [-0.4, -0.2) is 26.9 Å². The van der Waals surface area contributed by atoms with Crippen molar-refractivity contribution in [3.05, 3.63) is 29.2 Å². The van der Waals surface area contributed by atoms with Gasteiger partial charge in [0, 0.05) is 18.8 Å². The minimum Gasteiger partial charge on any atom is -0.467 e. The molecule has 0 aliphatic carbocycles. The van der Waals surface area contributed by atoms with E-state index in [1.54, 1.807) is 10.9 Å². The predicted octanol–water partition coefficient (Wildman–Crippen LogP) is 2.05. The minimum absolute atomic E-state index is 0.0378. The van der Waals surface area contributed by atoms with E-state index in [1.165, 1.54) is 13.3 Å². The van der Waals surface area contributed by atoms with Crippen LogP contribution in [0.1, 0.15) is 18.5 Å². The van der Waals surface area contributed by atoms with Gasteiger partial charge < -0.3 is 10.1 Å². The number of nitrogens with zero attached hydrogens (tertiary/aromatic N) is 4. The summed E-state index contributed by atoms with van der Waals surface area (Å²) in [5.74, 6) is 0.542. The summed E-state index contributed by atoms with van der Waals surface area (Å²) >= 11 is 6.03. The molecule has 1 unspecified atom stereocenters. The largest absolute Gasteiger partial charge is 0.467 e. The van der Waals surface area contributed by atoms with Crippen LogP contribution in [0.5, 0.6) is 6.01 Å². The number of anilines is 1. The molecule has 1 atom stereocenters. The predicted molar refractivity (Wildman–Crippen MR) is 68.8 cm³/mol. The number of hydrogen-bond acceptors (Lipinski definition) is 5. The molecule has 2 rings (SSSR count). The zero-order chi connectivity index (χ0) is 13.1. The Bertz CT molecular complexity index is 542. The summed E-state index contributed by atoms with van der Waals surface area (Å²) in [6, 6.07) is 0.316. The van der Waals surface area contributed by atoms with Crippen LogP contribution in [0.2, 0.25) is 5.02 Å². The third-order valence-corrected chi connectivity index (χ3v) is 2.76. The monoisotopic (exact) mass is 267 g/mol. The number of aromatic nitrogens is 4. The number of hydrogen-bond donors (Lipinski definition) is 1. The first kappa shape index (κ1) is 12.6. The van der Waals surface area contributed by atoms with Gasteiger partial charge in [-0.25, -0.2) is 4.98 Å². The lowest BCUT2D eigenvalue weighted by molar-refractivity contribution is 0.380. The third kappa shape index (κ3) is 2.70. The first-order chi connectivity index (χ1) is 8.60. The summed E-state index contributed by atoms with van der Waals surface area (Å²) < 4.78 is 6.71. The lowest BCUT2D eigenvalue weighted by Crippen LogP contribution is -2.08. The van der Waals surface area contributed by atoms with E-state index in [0.29, 0.717) is 10.8 Å². The Morgan fingerprint density at radius 2 is 2.22 bits per heavy atom. The molecule has 0 fully saturated rings. The minimum atomic E-state index is 0.0378. The molecular formula is C11H14ClN5O. The molecule has 0 aromatic carbocycles. The van der Waals surface area contributed by atoms with Crippen LogP contribution in [-0.2, 0) is 7.05 Å². The zero-order valence-electron chi connectivity index (χ0n) is 10.4. The van der Waals surface area contributed by atoms with Gasteiger partial charge in [-0.15, -0.1) is 0 Å². The van der Waals surface area contributed by atoms with E-state index in [4.69, 9.17) is 16.3 Å². The molecule has 7 heteroatoms. The molecule has 0 saturated carbocycles. The van der Waals surface area contributed by atoms with Gasteiger partial charge in [0.15, 0.2) is 5.82 Å². The van der Waals surface area contributed by atoms with Crippen molar-refractivity contribution in [1.82, 2.24) is 19.7 Å². The fourth-order valence-electron chi connectivity index (χ4n) is 1.50. The molecule has 0 bridgehead atoms. The molecule has 6 nitrogen and oxygen atoms in total. The lowest BCUT2D eigenvalue weighted by atomic mass is 10.2. The molecule has 2 aromatic heterocycles. The lowest BCUT2D eigenvalue weighted by Gasteiger charge is -2.14. The first-order valence-electron chi connectivity index (χ1n) is 5.41. The van der Waals surface area contributed by atoms with E-state index in [2.05, 4.69) is 20.4 Å². The van der Waals surface area contributed by atoms with Gasteiger partial charge in [0.05, 0.1) is 25.5 Å². The normalized spacial score (nSPS) is 12.2. The summed E-state index contributed by atoms with van der Waals surface area (Å²) in [7, 11) is 3.38. The van der Waals surface area contributed by atoms with Crippen molar-refractivity contribution in [2.24, 2.45) is 7.05 Å². The maximum Gasteiger partial charge on any atom is 0.318 e. The third-order valence-electron chi connectivity index (χ3n) is 2.48. The quantitative estimate of drug-likeness (QED) is 0.918. The molecule has 2 aromatic rings. The molecule has 0 saturated heterocycles. The number of methoxy groups -OCH3 is 1. The van der Waals surface area contributed by atoms with Crippen LogP contribution in [0.15, 0.2) is 18.6 Å². The van der Waals surface area contributed by atoms with E-state index in [-0.39, 0.29) is 12.1 Å². The van der Waals surface area contributed by atoms with E-state index in [0.717, 1.165) is 5.56 Å². The molecular weight excluding hydrogens is 254 g/mol. The maximum absolute atomic E-state index is 6.03. The van der Waals surface area contributed by atoms with E-state index in [9.17, 15) is 0 Å². The second-order valence-electron chi connectivity index (χ2n) is 3.87. The van der Waals surface area contributed by atoms with E-state index >= 15 is 0 Å². The van der Waals surface area contributed by atoms with Crippen LogP contribution in [0.3, 0.4) is 0 Å². The van der Waals surface area contributed by atoms with Crippen LogP contribution >= 0.6 is 11.6 Å². The Morgan fingerprint density at radius 3 is 2.83 bits per heavy atom. The van der Waals surface area contributed by atoms with E-state index < -0.39 is 0 Å². The van der Waals surface area contributed by atoms with Gasteiger partial charge >= 0.3 is 6.01 Å². The van der Waals surface area contributed by atoms with Gasteiger partial charge in [0.2, 0.25) is 0 Å². The van der Waals surface area contributed by atoms with Gasteiger partial charge in [-0.3, -0.25) is 4.68 Å². The maximum atomic E-state index is 6.03. The Labute approximate surface area is 110 Å². The van der Waals surface area contributed by atoms with Crippen molar-refractivity contribution in [1.29, 1.82) is 0 Å². The molecule has 1 N–H and O–H groups in total. The van der Waals surface area contributed by atoms with Crippen molar-refractivity contribution in [2.45, 2.75) is 13.0 Å². The Morgan fingerprint density at radius 1 is 1.44 bits per heavy atom. The number of ether oxygens (including phenoxy) is 1. The highest BCUT2D eigenvalue weighted by Crippen LogP contribution is 2.24. The van der Waals surface area contributed by atoms with E-state index in [1.807, 2.05) is 20.2 Å². The molecule has 0 aliphatic rings. The second-order valence-corrected chi connectivity index (χ2v) is 4.27. The smallest absolute Gasteiger partial charge is 0.318 e. The molecule has 0 radical (unpaired) electrons. The highest BCUT2D eigenvalue weighted by atomic mass is 35.5. The molecule has 0 aliphatic heterocycles. The van der Waals surface area contributed by atoms with Gasteiger partial charge in [0.25, 0.3) is 0 Å².